The second-order valence-corrected chi connectivity index (χ2v) is 3.60. The second kappa shape index (κ2) is 4.17. The molecule has 1 rings (SSSR count). The predicted molar refractivity (Wildman–Crippen MR) is 45.5 cm³/mol. The summed E-state index contributed by atoms with van der Waals surface area (Å²) in [6.07, 6.45) is 3.08. The molecule has 0 radical (unpaired) electrons. The predicted octanol–water partition coefficient (Wildman–Crippen LogP) is 2.56. The number of hydrogen-bond acceptors (Lipinski definition) is 1. The Morgan fingerprint density at radius 2 is 2.25 bits per heavy atom. The van der Waals surface area contributed by atoms with E-state index in [1.165, 1.54) is 0 Å². The molecule has 1 nitrogen and oxygen atoms in total. The van der Waals surface area contributed by atoms with E-state index in [-0.39, 0.29) is 18.9 Å². The Morgan fingerprint density at radius 1 is 1.50 bits per heavy atom. The molecule has 0 saturated carbocycles. The minimum absolute atomic E-state index is 0.00955. The summed E-state index contributed by atoms with van der Waals surface area (Å²) in [4.78, 5) is 0. The zero-order chi connectivity index (χ0) is 9.03. The Labute approximate surface area is 72.5 Å². The lowest BCUT2D eigenvalue weighted by Crippen LogP contribution is -2.43. The van der Waals surface area contributed by atoms with Gasteiger partial charge in [0.2, 0.25) is 0 Å². The molecule has 1 heterocycles. The standard InChI is InChI=1S/C9H17F2N/c1-2-3-4-8-7-9(10,11)5-6-12-8/h8,12H,2-7H2,1H3. The zero-order valence-corrected chi connectivity index (χ0v) is 7.58. The lowest BCUT2D eigenvalue weighted by Gasteiger charge is -2.30. The summed E-state index contributed by atoms with van der Waals surface area (Å²) in [6.45, 7) is 2.56. The molecule has 1 saturated heterocycles. The van der Waals surface area contributed by atoms with Crippen LogP contribution in [-0.2, 0) is 0 Å². The Hall–Kier alpha value is -0.180. The Balaban J connectivity index is 2.26. The Bertz CT molecular complexity index is 136. The Morgan fingerprint density at radius 3 is 2.83 bits per heavy atom. The van der Waals surface area contributed by atoms with Crippen molar-refractivity contribution in [3.8, 4) is 0 Å². The average molecular weight is 177 g/mol. The SMILES string of the molecule is CCCCC1CC(F)(F)CCN1. The molecule has 1 atom stereocenters. The van der Waals surface area contributed by atoms with E-state index in [0.29, 0.717) is 6.54 Å². The molecule has 72 valence electrons. The Kier molecular flexibility index (Phi) is 3.44. The van der Waals surface area contributed by atoms with Crippen LogP contribution in [0.15, 0.2) is 0 Å². The third-order valence-electron chi connectivity index (χ3n) is 2.37. The topological polar surface area (TPSA) is 12.0 Å². The van der Waals surface area contributed by atoms with Crippen molar-refractivity contribution in [1.29, 1.82) is 0 Å². The van der Waals surface area contributed by atoms with Gasteiger partial charge < -0.3 is 5.32 Å². The fourth-order valence-electron chi connectivity index (χ4n) is 1.65. The van der Waals surface area contributed by atoms with Crippen LogP contribution in [0.5, 0.6) is 0 Å². The van der Waals surface area contributed by atoms with Crippen molar-refractivity contribution >= 4 is 0 Å². The number of rotatable bonds is 3. The number of piperidine rings is 1. The third kappa shape index (κ3) is 3.05. The van der Waals surface area contributed by atoms with E-state index < -0.39 is 5.92 Å². The van der Waals surface area contributed by atoms with Gasteiger partial charge in [0.05, 0.1) is 0 Å². The number of alkyl halides is 2. The van der Waals surface area contributed by atoms with Crippen LogP contribution in [0.4, 0.5) is 8.78 Å². The minimum Gasteiger partial charge on any atom is -0.314 e. The first-order chi connectivity index (χ1) is 5.64. The van der Waals surface area contributed by atoms with E-state index in [2.05, 4.69) is 12.2 Å². The fraction of sp³-hybridized carbons (Fsp3) is 1.00. The molecular formula is C9H17F2N. The summed E-state index contributed by atoms with van der Waals surface area (Å²) in [5, 5.41) is 3.13. The maximum Gasteiger partial charge on any atom is 0.250 e. The first-order valence-corrected chi connectivity index (χ1v) is 4.75. The summed E-state index contributed by atoms with van der Waals surface area (Å²) >= 11 is 0. The second-order valence-electron chi connectivity index (χ2n) is 3.60. The quantitative estimate of drug-likeness (QED) is 0.698. The van der Waals surface area contributed by atoms with E-state index in [0.717, 1.165) is 19.3 Å². The summed E-state index contributed by atoms with van der Waals surface area (Å²) in [5.74, 6) is -2.41. The highest BCUT2D eigenvalue weighted by molar-refractivity contribution is 4.82. The van der Waals surface area contributed by atoms with E-state index in [4.69, 9.17) is 0 Å². The molecule has 1 unspecified atom stereocenters. The molecule has 1 fully saturated rings. The van der Waals surface area contributed by atoms with Crippen LogP contribution in [0.2, 0.25) is 0 Å². The fourth-order valence-corrected chi connectivity index (χ4v) is 1.65. The van der Waals surface area contributed by atoms with Crippen LogP contribution in [0, 0.1) is 0 Å². The van der Waals surface area contributed by atoms with Crippen LogP contribution in [0.25, 0.3) is 0 Å². The molecule has 0 aromatic heterocycles. The molecule has 1 aliphatic heterocycles. The van der Waals surface area contributed by atoms with E-state index in [1.807, 2.05) is 0 Å². The molecule has 0 aliphatic carbocycles. The lowest BCUT2D eigenvalue weighted by molar-refractivity contribution is -0.0420. The van der Waals surface area contributed by atoms with Crippen LogP contribution in [0.3, 0.4) is 0 Å². The first-order valence-electron chi connectivity index (χ1n) is 4.75. The number of unbranched alkanes of at least 4 members (excludes halogenated alkanes) is 1. The average Bonchev–Trinajstić information content (AvgIpc) is 1.99. The molecule has 0 bridgehead atoms. The van der Waals surface area contributed by atoms with E-state index in [1.54, 1.807) is 0 Å². The molecule has 0 aromatic rings. The molecular weight excluding hydrogens is 160 g/mol. The van der Waals surface area contributed by atoms with Crippen LogP contribution in [0.1, 0.15) is 39.0 Å². The first kappa shape index (κ1) is 9.90. The molecule has 1 aliphatic rings. The van der Waals surface area contributed by atoms with Gasteiger partial charge in [-0.2, -0.15) is 0 Å². The van der Waals surface area contributed by atoms with Crippen molar-refractivity contribution in [3.05, 3.63) is 0 Å². The maximum atomic E-state index is 12.8. The van der Waals surface area contributed by atoms with Crippen LogP contribution in [-0.4, -0.2) is 18.5 Å². The van der Waals surface area contributed by atoms with Gasteiger partial charge in [0.25, 0.3) is 5.92 Å². The molecule has 0 aromatic carbocycles. The normalized spacial score (nSPS) is 28.8. The van der Waals surface area contributed by atoms with Gasteiger partial charge in [0.1, 0.15) is 0 Å². The third-order valence-corrected chi connectivity index (χ3v) is 2.37. The van der Waals surface area contributed by atoms with Crippen LogP contribution >= 0.6 is 0 Å². The molecule has 12 heavy (non-hydrogen) atoms. The summed E-state index contributed by atoms with van der Waals surface area (Å²) in [5.41, 5.74) is 0. The summed E-state index contributed by atoms with van der Waals surface area (Å²) in [7, 11) is 0. The summed E-state index contributed by atoms with van der Waals surface area (Å²) in [6, 6.07) is 0.0497. The highest BCUT2D eigenvalue weighted by Gasteiger charge is 2.35. The van der Waals surface area contributed by atoms with Gasteiger partial charge in [-0.05, 0) is 6.42 Å². The van der Waals surface area contributed by atoms with Gasteiger partial charge in [-0.25, -0.2) is 8.78 Å². The van der Waals surface area contributed by atoms with Gasteiger partial charge in [-0.1, -0.05) is 19.8 Å². The molecule has 3 heteroatoms. The van der Waals surface area contributed by atoms with E-state index in [9.17, 15) is 8.78 Å². The molecule has 0 amide bonds. The van der Waals surface area contributed by atoms with Crippen LogP contribution < -0.4 is 5.32 Å². The highest BCUT2D eigenvalue weighted by atomic mass is 19.3. The van der Waals surface area contributed by atoms with Crippen molar-refractivity contribution in [2.45, 2.75) is 51.0 Å². The van der Waals surface area contributed by atoms with Gasteiger partial charge in [0, 0.05) is 25.4 Å². The summed E-state index contributed by atoms with van der Waals surface area (Å²) < 4.78 is 25.7. The highest BCUT2D eigenvalue weighted by Crippen LogP contribution is 2.28. The van der Waals surface area contributed by atoms with Gasteiger partial charge in [-0.3, -0.25) is 0 Å². The van der Waals surface area contributed by atoms with Gasteiger partial charge in [-0.15, -0.1) is 0 Å². The van der Waals surface area contributed by atoms with Crippen molar-refractivity contribution in [3.63, 3.8) is 0 Å². The van der Waals surface area contributed by atoms with Gasteiger partial charge >= 0.3 is 0 Å². The smallest absolute Gasteiger partial charge is 0.250 e. The zero-order valence-electron chi connectivity index (χ0n) is 7.58. The largest absolute Gasteiger partial charge is 0.314 e. The monoisotopic (exact) mass is 177 g/mol. The van der Waals surface area contributed by atoms with Gasteiger partial charge in [0.15, 0.2) is 0 Å². The number of nitrogens with one attached hydrogen (secondary N) is 1. The van der Waals surface area contributed by atoms with Crippen molar-refractivity contribution in [2.24, 2.45) is 0 Å². The lowest BCUT2D eigenvalue weighted by atomic mass is 9.97. The van der Waals surface area contributed by atoms with Crippen molar-refractivity contribution < 1.29 is 8.78 Å². The molecule has 1 N–H and O–H groups in total. The number of hydrogen-bond donors (Lipinski definition) is 1. The maximum absolute atomic E-state index is 12.8. The van der Waals surface area contributed by atoms with E-state index >= 15 is 0 Å². The number of halogens is 2. The van der Waals surface area contributed by atoms with Crippen molar-refractivity contribution in [1.82, 2.24) is 5.32 Å². The molecule has 0 spiro atoms. The van der Waals surface area contributed by atoms with Crippen molar-refractivity contribution in [2.75, 3.05) is 6.54 Å². The minimum atomic E-state index is -2.41.